The number of anilines is 1. The number of carbonyl (C=O) groups is 1. The predicted octanol–water partition coefficient (Wildman–Crippen LogP) is 1.19. The van der Waals surface area contributed by atoms with E-state index in [-0.39, 0.29) is 12.5 Å². The van der Waals surface area contributed by atoms with Crippen LogP contribution in [-0.4, -0.2) is 48.2 Å². The first-order valence-electron chi connectivity index (χ1n) is 7.60. The molecule has 0 spiro atoms. The summed E-state index contributed by atoms with van der Waals surface area (Å²) in [6.07, 6.45) is 2.45. The van der Waals surface area contributed by atoms with Crippen LogP contribution in [0.15, 0.2) is 24.3 Å². The number of aliphatic hydroxyl groups excluding tert-OH is 1. The van der Waals surface area contributed by atoms with Gasteiger partial charge in [-0.1, -0.05) is 12.1 Å². The maximum atomic E-state index is 11.0. The second kappa shape index (κ2) is 8.12. The lowest BCUT2D eigenvalue weighted by Gasteiger charge is -2.25. The van der Waals surface area contributed by atoms with E-state index < -0.39 is 0 Å². The van der Waals surface area contributed by atoms with Crippen LogP contribution in [0.4, 0.5) is 5.69 Å². The number of amides is 1. The summed E-state index contributed by atoms with van der Waals surface area (Å²) in [6.45, 7) is 5.25. The fourth-order valence-corrected chi connectivity index (χ4v) is 2.76. The zero-order valence-corrected chi connectivity index (χ0v) is 12.6. The van der Waals surface area contributed by atoms with Gasteiger partial charge >= 0.3 is 0 Å². The Morgan fingerprint density at radius 1 is 1.43 bits per heavy atom. The van der Waals surface area contributed by atoms with Crippen LogP contribution >= 0.6 is 0 Å². The van der Waals surface area contributed by atoms with Crippen LogP contribution < -0.4 is 10.6 Å². The van der Waals surface area contributed by atoms with Crippen molar-refractivity contribution in [2.75, 3.05) is 31.6 Å². The lowest BCUT2D eigenvalue weighted by Crippen LogP contribution is -2.38. The number of nitrogens with zero attached hydrogens (tertiary/aromatic N) is 1. The number of aliphatic hydroxyl groups is 1. The van der Waals surface area contributed by atoms with Gasteiger partial charge in [0.1, 0.15) is 0 Å². The van der Waals surface area contributed by atoms with Crippen LogP contribution in [0.3, 0.4) is 0 Å². The summed E-state index contributed by atoms with van der Waals surface area (Å²) in [5.74, 6) is -0.0584. The number of benzene rings is 1. The van der Waals surface area contributed by atoms with Crippen molar-refractivity contribution < 1.29 is 9.90 Å². The Morgan fingerprint density at radius 3 is 2.76 bits per heavy atom. The van der Waals surface area contributed by atoms with Gasteiger partial charge in [0, 0.05) is 38.3 Å². The zero-order chi connectivity index (χ0) is 15.1. The molecule has 1 aliphatic rings. The summed E-state index contributed by atoms with van der Waals surface area (Å²) >= 11 is 0. The van der Waals surface area contributed by atoms with Gasteiger partial charge in [-0.2, -0.15) is 0 Å². The Hall–Kier alpha value is -1.43. The Bertz CT molecular complexity index is 441. The van der Waals surface area contributed by atoms with Gasteiger partial charge in [0.2, 0.25) is 5.91 Å². The van der Waals surface area contributed by atoms with Crippen molar-refractivity contribution in [3.63, 3.8) is 0 Å². The zero-order valence-electron chi connectivity index (χ0n) is 12.6. The maximum absolute atomic E-state index is 11.0. The van der Waals surface area contributed by atoms with Crippen molar-refractivity contribution in [3.05, 3.63) is 29.8 Å². The minimum atomic E-state index is -0.0584. The van der Waals surface area contributed by atoms with E-state index in [2.05, 4.69) is 15.5 Å². The number of rotatable bonds is 7. The molecule has 5 nitrogen and oxygen atoms in total. The van der Waals surface area contributed by atoms with Crippen LogP contribution in [0.2, 0.25) is 0 Å². The maximum Gasteiger partial charge on any atom is 0.221 e. The molecule has 1 saturated heterocycles. The van der Waals surface area contributed by atoms with Gasteiger partial charge in [-0.3, -0.25) is 9.69 Å². The minimum Gasteiger partial charge on any atom is -0.395 e. The topological polar surface area (TPSA) is 64.6 Å². The van der Waals surface area contributed by atoms with Crippen LogP contribution in [0.1, 0.15) is 25.3 Å². The monoisotopic (exact) mass is 291 g/mol. The standard InChI is InChI=1S/C16H25N3O2/c1-13(21)18-15-6-4-14(5-7-15)11-19(9-10-20)12-16-3-2-8-17-16/h4-7,16-17,20H,2-3,8-12H2,1H3,(H,18,21). The molecule has 0 aromatic heterocycles. The minimum absolute atomic E-state index is 0.0584. The fourth-order valence-electron chi connectivity index (χ4n) is 2.76. The smallest absolute Gasteiger partial charge is 0.221 e. The van der Waals surface area contributed by atoms with Crippen LogP contribution in [0.25, 0.3) is 0 Å². The van der Waals surface area contributed by atoms with E-state index in [9.17, 15) is 9.90 Å². The Kier molecular flexibility index (Phi) is 6.17. The molecule has 0 bridgehead atoms. The Morgan fingerprint density at radius 2 is 2.19 bits per heavy atom. The first-order chi connectivity index (χ1) is 10.2. The lowest BCUT2D eigenvalue weighted by molar-refractivity contribution is -0.114. The molecule has 5 heteroatoms. The molecule has 1 atom stereocenters. The third-order valence-corrected chi connectivity index (χ3v) is 3.74. The van der Waals surface area contributed by atoms with Crippen molar-refractivity contribution in [2.24, 2.45) is 0 Å². The quantitative estimate of drug-likeness (QED) is 0.706. The van der Waals surface area contributed by atoms with Crippen molar-refractivity contribution in [2.45, 2.75) is 32.4 Å². The average Bonchev–Trinajstić information content (AvgIpc) is 2.93. The summed E-state index contributed by atoms with van der Waals surface area (Å²) in [6, 6.07) is 8.42. The van der Waals surface area contributed by atoms with Gasteiger partial charge < -0.3 is 15.7 Å². The summed E-state index contributed by atoms with van der Waals surface area (Å²) in [5.41, 5.74) is 2.01. The average molecular weight is 291 g/mol. The van der Waals surface area contributed by atoms with Gasteiger partial charge in [-0.15, -0.1) is 0 Å². The molecule has 1 amide bonds. The Balaban J connectivity index is 1.90. The predicted molar refractivity (Wildman–Crippen MR) is 84.1 cm³/mol. The van der Waals surface area contributed by atoms with Crippen molar-refractivity contribution in [1.29, 1.82) is 0 Å². The molecule has 0 saturated carbocycles. The second-order valence-corrected chi connectivity index (χ2v) is 5.63. The highest BCUT2D eigenvalue weighted by Crippen LogP contribution is 2.13. The third kappa shape index (κ3) is 5.46. The summed E-state index contributed by atoms with van der Waals surface area (Å²) in [5, 5.41) is 15.5. The van der Waals surface area contributed by atoms with Gasteiger partial charge in [0.25, 0.3) is 0 Å². The molecule has 1 aromatic carbocycles. The molecule has 116 valence electrons. The third-order valence-electron chi connectivity index (χ3n) is 3.74. The molecule has 3 N–H and O–H groups in total. The molecule has 2 rings (SSSR count). The van der Waals surface area contributed by atoms with E-state index in [0.29, 0.717) is 12.6 Å². The van der Waals surface area contributed by atoms with Crippen molar-refractivity contribution in [3.8, 4) is 0 Å². The van der Waals surface area contributed by atoms with Gasteiger partial charge in [-0.25, -0.2) is 0 Å². The van der Waals surface area contributed by atoms with E-state index in [1.54, 1.807) is 0 Å². The molecule has 1 fully saturated rings. The van der Waals surface area contributed by atoms with Crippen LogP contribution in [0.5, 0.6) is 0 Å². The summed E-state index contributed by atoms with van der Waals surface area (Å²) in [7, 11) is 0. The molecular formula is C16H25N3O2. The van der Waals surface area contributed by atoms with Crippen molar-refractivity contribution in [1.82, 2.24) is 10.2 Å². The largest absolute Gasteiger partial charge is 0.395 e. The van der Waals surface area contributed by atoms with E-state index in [1.165, 1.54) is 25.3 Å². The molecule has 1 unspecified atom stereocenters. The fraction of sp³-hybridized carbons (Fsp3) is 0.562. The number of hydrogen-bond donors (Lipinski definition) is 3. The van der Waals surface area contributed by atoms with Crippen molar-refractivity contribution >= 4 is 11.6 Å². The molecule has 1 heterocycles. The van der Waals surface area contributed by atoms with Gasteiger partial charge in [0.15, 0.2) is 0 Å². The number of nitrogens with one attached hydrogen (secondary N) is 2. The first-order valence-corrected chi connectivity index (χ1v) is 7.60. The highest BCUT2D eigenvalue weighted by molar-refractivity contribution is 5.88. The highest BCUT2D eigenvalue weighted by Gasteiger charge is 2.17. The van der Waals surface area contributed by atoms with E-state index >= 15 is 0 Å². The normalized spacial score (nSPS) is 18.1. The van der Waals surface area contributed by atoms with Crippen LogP contribution in [-0.2, 0) is 11.3 Å². The molecule has 1 aliphatic heterocycles. The highest BCUT2D eigenvalue weighted by atomic mass is 16.3. The number of hydrogen-bond acceptors (Lipinski definition) is 4. The lowest BCUT2D eigenvalue weighted by atomic mass is 10.1. The first kappa shape index (κ1) is 15.9. The van der Waals surface area contributed by atoms with Gasteiger partial charge in [0.05, 0.1) is 6.61 Å². The summed E-state index contributed by atoms with van der Waals surface area (Å²) < 4.78 is 0. The van der Waals surface area contributed by atoms with E-state index in [0.717, 1.165) is 25.3 Å². The molecule has 0 radical (unpaired) electrons. The van der Waals surface area contributed by atoms with E-state index in [4.69, 9.17) is 0 Å². The number of carbonyl (C=O) groups excluding carboxylic acids is 1. The SMILES string of the molecule is CC(=O)Nc1ccc(CN(CCO)CC2CCCN2)cc1. The molecular weight excluding hydrogens is 266 g/mol. The van der Waals surface area contributed by atoms with E-state index in [1.807, 2.05) is 24.3 Å². The molecule has 0 aliphatic carbocycles. The summed E-state index contributed by atoms with van der Waals surface area (Å²) in [4.78, 5) is 13.3. The molecule has 21 heavy (non-hydrogen) atoms. The Labute approximate surface area is 126 Å². The van der Waals surface area contributed by atoms with Gasteiger partial charge in [-0.05, 0) is 37.1 Å². The second-order valence-electron chi connectivity index (χ2n) is 5.63. The van der Waals surface area contributed by atoms with Crippen LogP contribution in [0, 0.1) is 0 Å². The molecule has 1 aromatic rings.